The number of piperazine rings is 1. The van der Waals surface area contributed by atoms with Gasteiger partial charge in [-0.1, -0.05) is 6.92 Å². The van der Waals surface area contributed by atoms with E-state index in [1.807, 2.05) is 13.0 Å². The number of hydrogen-bond donors (Lipinski definition) is 1. The molecule has 7 heteroatoms. The molecule has 0 bridgehead atoms. The van der Waals surface area contributed by atoms with Crippen LogP contribution in [0.3, 0.4) is 0 Å². The molecule has 2 aliphatic rings. The molecule has 0 aromatic carbocycles. The number of sulfonamides is 1. The second-order valence-electron chi connectivity index (χ2n) is 6.18. The molecule has 0 spiro atoms. The summed E-state index contributed by atoms with van der Waals surface area (Å²) in [5.41, 5.74) is 0. The first-order valence-corrected chi connectivity index (χ1v) is 10.3. The lowest BCUT2D eigenvalue weighted by Crippen LogP contribution is -2.50. The van der Waals surface area contributed by atoms with Crippen molar-refractivity contribution < 1.29 is 13.5 Å². The molecule has 5 nitrogen and oxygen atoms in total. The summed E-state index contributed by atoms with van der Waals surface area (Å²) in [7, 11) is -3.34. The van der Waals surface area contributed by atoms with Crippen LogP contribution >= 0.6 is 11.3 Å². The van der Waals surface area contributed by atoms with Crippen molar-refractivity contribution in [3.05, 3.63) is 17.0 Å². The van der Waals surface area contributed by atoms with Crippen molar-refractivity contribution >= 4 is 21.4 Å². The molecular weight excluding hydrogens is 320 g/mol. The number of nitrogens with zero attached hydrogens (tertiary/aromatic N) is 2. The number of aliphatic hydroxyl groups is 1. The fourth-order valence-electron chi connectivity index (χ4n) is 2.86. The van der Waals surface area contributed by atoms with Crippen molar-refractivity contribution in [3.8, 4) is 0 Å². The molecule has 1 aliphatic carbocycles. The fraction of sp³-hybridized carbons (Fsp3) is 0.733. The van der Waals surface area contributed by atoms with E-state index >= 15 is 0 Å². The third-order valence-electron chi connectivity index (χ3n) is 4.52. The molecule has 1 aliphatic heterocycles. The highest BCUT2D eigenvalue weighted by Gasteiger charge is 2.33. The average molecular weight is 345 g/mol. The summed E-state index contributed by atoms with van der Waals surface area (Å²) < 4.78 is 27.3. The van der Waals surface area contributed by atoms with Gasteiger partial charge in [0, 0.05) is 37.6 Å². The summed E-state index contributed by atoms with van der Waals surface area (Å²) in [5.74, 6) is 0.473. The Labute approximate surface area is 136 Å². The van der Waals surface area contributed by atoms with E-state index in [1.54, 1.807) is 10.4 Å². The molecular formula is C15H24N2O3S2. The van der Waals surface area contributed by atoms with E-state index in [9.17, 15) is 13.5 Å². The predicted octanol–water partition coefficient (Wildman–Crippen LogP) is 1.39. The van der Waals surface area contributed by atoms with Crippen LogP contribution in [-0.4, -0.2) is 61.6 Å². The highest BCUT2D eigenvalue weighted by molar-refractivity contribution is 7.91. The molecule has 0 unspecified atom stereocenters. The summed E-state index contributed by atoms with van der Waals surface area (Å²) in [6.07, 6.45) is 2.89. The molecule has 1 aromatic heterocycles. The van der Waals surface area contributed by atoms with Crippen LogP contribution in [0.25, 0.3) is 0 Å². The van der Waals surface area contributed by atoms with Gasteiger partial charge in [-0.3, -0.25) is 4.90 Å². The Kier molecular flexibility index (Phi) is 4.89. The summed E-state index contributed by atoms with van der Waals surface area (Å²) in [6.45, 7) is 5.14. The average Bonchev–Trinajstić information content (AvgIpc) is 3.25. The molecule has 1 N–H and O–H groups in total. The maximum atomic E-state index is 12.6. The topological polar surface area (TPSA) is 60.9 Å². The highest BCUT2D eigenvalue weighted by Crippen LogP contribution is 2.33. The molecule has 2 fully saturated rings. The van der Waals surface area contributed by atoms with Crippen LogP contribution in [0.1, 0.15) is 24.6 Å². The number of aliphatic hydroxyl groups excluding tert-OH is 1. The van der Waals surface area contributed by atoms with Gasteiger partial charge in [-0.2, -0.15) is 4.31 Å². The number of rotatable bonds is 6. The van der Waals surface area contributed by atoms with Crippen molar-refractivity contribution in [2.75, 3.05) is 32.7 Å². The molecule has 3 rings (SSSR count). The lowest BCUT2D eigenvalue weighted by atomic mass is 10.2. The van der Waals surface area contributed by atoms with E-state index in [-0.39, 0.29) is 6.10 Å². The number of aryl methyl sites for hydroxylation is 1. The van der Waals surface area contributed by atoms with Crippen molar-refractivity contribution in [3.63, 3.8) is 0 Å². The third-order valence-corrected chi connectivity index (χ3v) is 8.12. The first kappa shape index (κ1) is 16.4. The Hall–Kier alpha value is -0.470. The minimum atomic E-state index is -3.34. The van der Waals surface area contributed by atoms with Gasteiger partial charge in [0.15, 0.2) is 0 Å². The molecule has 22 heavy (non-hydrogen) atoms. The molecule has 0 radical (unpaired) electrons. The van der Waals surface area contributed by atoms with E-state index < -0.39 is 10.0 Å². The minimum absolute atomic E-state index is 0.243. The monoisotopic (exact) mass is 344 g/mol. The van der Waals surface area contributed by atoms with Gasteiger partial charge < -0.3 is 5.11 Å². The van der Waals surface area contributed by atoms with Crippen LogP contribution < -0.4 is 0 Å². The van der Waals surface area contributed by atoms with Crippen molar-refractivity contribution in [2.45, 2.75) is 36.5 Å². The van der Waals surface area contributed by atoms with Gasteiger partial charge in [-0.05, 0) is 37.3 Å². The van der Waals surface area contributed by atoms with Crippen LogP contribution in [0, 0.1) is 5.92 Å². The zero-order valence-corrected chi connectivity index (χ0v) is 14.6. The second-order valence-corrected chi connectivity index (χ2v) is 9.52. The van der Waals surface area contributed by atoms with Crippen molar-refractivity contribution in [1.82, 2.24) is 9.21 Å². The molecule has 1 atom stereocenters. The first-order chi connectivity index (χ1) is 10.5. The van der Waals surface area contributed by atoms with E-state index in [2.05, 4.69) is 4.90 Å². The molecule has 1 saturated heterocycles. The van der Waals surface area contributed by atoms with Crippen molar-refractivity contribution in [2.24, 2.45) is 5.92 Å². The Balaban J connectivity index is 1.57. The molecule has 2 heterocycles. The van der Waals surface area contributed by atoms with Gasteiger partial charge in [0.2, 0.25) is 0 Å². The quantitative estimate of drug-likeness (QED) is 0.847. The third kappa shape index (κ3) is 3.54. The smallest absolute Gasteiger partial charge is 0.252 e. The number of β-amino-alcohol motifs (C(OH)–C–C–N with tert-alkyl or cyclic N) is 1. The second kappa shape index (κ2) is 6.57. The van der Waals surface area contributed by atoms with E-state index in [1.165, 1.54) is 11.3 Å². The summed E-state index contributed by atoms with van der Waals surface area (Å²) in [5, 5.41) is 10.0. The van der Waals surface area contributed by atoms with Crippen LogP contribution in [0.5, 0.6) is 0 Å². The Morgan fingerprint density at radius 3 is 2.50 bits per heavy atom. The number of thiophene rings is 1. The van der Waals surface area contributed by atoms with Gasteiger partial charge >= 0.3 is 0 Å². The van der Waals surface area contributed by atoms with Gasteiger partial charge in [0.25, 0.3) is 10.0 Å². The van der Waals surface area contributed by atoms with Gasteiger partial charge in [0.1, 0.15) is 4.21 Å². The SMILES string of the molecule is CCc1ccc(S(=O)(=O)N2CCN(C[C@@H](O)C3CC3)CC2)s1. The summed E-state index contributed by atoms with van der Waals surface area (Å²) in [4.78, 5) is 3.28. The van der Waals surface area contributed by atoms with Crippen LogP contribution in [0.15, 0.2) is 16.3 Å². The van der Waals surface area contributed by atoms with E-state index in [0.29, 0.717) is 42.9 Å². The Morgan fingerprint density at radius 2 is 1.95 bits per heavy atom. The maximum Gasteiger partial charge on any atom is 0.252 e. The largest absolute Gasteiger partial charge is 0.392 e. The van der Waals surface area contributed by atoms with E-state index in [4.69, 9.17) is 0 Å². The van der Waals surface area contributed by atoms with Crippen LogP contribution in [0.4, 0.5) is 0 Å². The first-order valence-electron chi connectivity index (χ1n) is 8.00. The zero-order chi connectivity index (χ0) is 15.7. The van der Waals surface area contributed by atoms with Gasteiger partial charge in [0.05, 0.1) is 6.10 Å². The molecule has 124 valence electrons. The Morgan fingerprint density at radius 1 is 1.27 bits per heavy atom. The normalized spacial score (nSPS) is 22.8. The highest BCUT2D eigenvalue weighted by atomic mass is 32.2. The molecule has 0 amide bonds. The van der Waals surface area contributed by atoms with Crippen molar-refractivity contribution in [1.29, 1.82) is 0 Å². The van der Waals surface area contributed by atoms with Crippen LogP contribution in [-0.2, 0) is 16.4 Å². The van der Waals surface area contributed by atoms with Crippen LogP contribution in [0.2, 0.25) is 0 Å². The lowest BCUT2D eigenvalue weighted by molar-refractivity contribution is 0.0782. The summed E-state index contributed by atoms with van der Waals surface area (Å²) in [6, 6.07) is 3.63. The summed E-state index contributed by atoms with van der Waals surface area (Å²) >= 11 is 1.37. The predicted molar refractivity (Wildman–Crippen MR) is 87.6 cm³/mol. The zero-order valence-electron chi connectivity index (χ0n) is 12.9. The molecule has 1 aromatic rings. The van der Waals surface area contributed by atoms with Gasteiger partial charge in [-0.15, -0.1) is 11.3 Å². The minimum Gasteiger partial charge on any atom is -0.392 e. The van der Waals surface area contributed by atoms with Gasteiger partial charge in [-0.25, -0.2) is 8.42 Å². The molecule has 1 saturated carbocycles. The Bertz CT molecular complexity index is 602. The number of hydrogen-bond acceptors (Lipinski definition) is 5. The van der Waals surface area contributed by atoms with E-state index in [0.717, 1.165) is 24.1 Å². The fourth-order valence-corrected chi connectivity index (χ4v) is 5.73. The lowest BCUT2D eigenvalue weighted by Gasteiger charge is -2.34. The maximum absolute atomic E-state index is 12.6. The standard InChI is InChI=1S/C15H24N2O3S2/c1-2-13-5-6-15(21-13)22(19,20)17-9-7-16(8-10-17)11-14(18)12-3-4-12/h5-6,12,14,18H,2-4,7-11H2,1H3/t14-/m1/s1.